The highest BCUT2D eigenvalue weighted by Crippen LogP contribution is 2.18. The number of amides is 3. The first-order valence-corrected chi connectivity index (χ1v) is 11.8. The van der Waals surface area contributed by atoms with Gasteiger partial charge in [-0.15, -0.1) is 0 Å². The molecule has 3 amide bonds. The lowest BCUT2D eigenvalue weighted by molar-refractivity contribution is -0.145. The number of hydrogen-bond acceptors (Lipinski definition) is 6. The molecule has 0 aliphatic rings. The van der Waals surface area contributed by atoms with E-state index in [0.29, 0.717) is 0 Å². The van der Waals surface area contributed by atoms with Gasteiger partial charge in [-0.1, -0.05) is 48.5 Å². The van der Waals surface area contributed by atoms with Crippen molar-refractivity contribution in [1.82, 2.24) is 20.9 Å². The number of aliphatic hydroxyl groups is 1. The summed E-state index contributed by atoms with van der Waals surface area (Å²) in [6, 6.07) is 12.8. The fourth-order valence-electron chi connectivity index (χ4n) is 3.88. The summed E-state index contributed by atoms with van der Waals surface area (Å²) in [6.07, 6.45) is 0.757. The number of H-pyrrole nitrogens is 1. The largest absolute Gasteiger partial charge is 0.480 e. The van der Waals surface area contributed by atoms with E-state index in [1.54, 1.807) is 36.5 Å². The van der Waals surface area contributed by atoms with Crippen LogP contribution in [0.2, 0.25) is 0 Å². The highest BCUT2D eigenvalue weighted by Gasteiger charge is 2.29. The number of nitrogens with one attached hydrogen (secondary N) is 4. The highest BCUT2D eigenvalue weighted by molar-refractivity contribution is 5.93. The van der Waals surface area contributed by atoms with E-state index in [1.165, 1.54) is 6.92 Å². The zero-order valence-corrected chi connectivity index (χ0v) is 20.3. The third-order valence-electron chi connectivity index (χ3n) is 5.86. The predicted molar refractivity (Wildman–Crippen MR) is 136 cm³/mol. The van der Waals surface area contributed by atoms with Gasteiger partial charge in [0.25, 0.3) is 0 Å². The molecule has 8 N–H and O–H groups in total. The maximum atomic E-state index is 12.8. The van der Waals surface area contributed by atoms with E-state index in [4.69, 9.17) is 5.73 Å². The summed E-state index contributed by atoms with van der Waals surface area (Å²) in [7, 11) is 0. The minimum Gasteiger partial charge on any atom is -0.480 e. The molecule has 3 rings (SSSR count). The highest BCUT2D eigenvalue weighted by atomic mass is 16.4. The summed E-state index contributed by atoms with van der Waals surface area (Å²) in [6.45, 7) is 0.802. The molecule has 0 bridgehead atoms. The molecule has 3 aromatic rings. The maximum absolute atomic E-state index is 12.8. The molecule has 0 spiro atoms. The van der Waals surface area contributed by atoms with E-state index in [0.717, 1.165) is 22.0 Å². The van der Waals surface area contributed by atoms with Gasteiger partial charge in [-0.05, 0) is 30.5 Å². The van der Waals surface area contributed by atoms with Crippen molar-refractivity contribution in [3.8, 4) is 0 Å². The fourth-order valence-corrected chi connectivity index (χ4v) is 3.88. The third-order valence-corrected chi connectivity index (χ3v) is 5.86. The lowest BCUT2D eigenvalue weighted by Gasteiger charge is -2.23. The molecule has 4 atom stereocenters. The van der Waals surface area contributed by atoms with Gasteiger partial charge in [-0.25, -0.2) is 4.79 Å². The number of carbonyl (C=O) groups excluding carboxylic acids is 3. The molecule has 0 fully saturated rings. The molecule has 1 aromatic heterocycles. The van der Waals surface area contributed by atoms with Crippen LogP contribution in [0.15, 0.2) is 60.8 Å². The van der Waals surface area contributed by atoms with Crippen molar-refractivity contribution in [2.75, 3.05) is 6.54 Å². The normalized spacial score (nSPS) is 14.2. The standard InChI is InChI=1S/C26H31N5O6/c1-15(32)23(26(36)37)31-25(35)21(11-16-7-3-2-4-8-16)30-22(33)14-29-24(34)19(27)12-17-13-28-20-10-6-5-9-18(17)20/h2-10,13,15,19,21,23,28,32H,11-12,14,27H2,1H3,(H,29,34)(H,30,33)(H,31,35)(H,36,37). The summed E-state index contributed by atoms with van der Waals surface area (Å²) < 4.78 is 0. The topological polar surface area (TPSA) is 187 Å². The van der Waals surface area contributed by atoms with E-state index >= 15 is 0 Å². The van der Waals surface area contributed by atoms with Crippen molar-refractivity contribution < 1.29 is 29.4 Å². The SMILES string of the molecule is CC(O)C(NC(=O)C(Cc1ccccc1)NC(=O)CNC(=O)C(N)Cc1c[nH]c2ccccc12)C(=O)O. The van der Waals surface area contributed by atoms with Crippen molar-refractivity contribution in [1.29, 1.82) is 0 Å². The molecule has 11 heteroatoms. The summed E-state index contributed by atoms with van der Waals surface area (Å²) >= 11 is 0. The maximum Gasteiger partial charge on any atom is 0.328 e. The van der Waals surface area contributed by atoms with Gasteiger partial charge in [0.05, 0.1) is 18.7 Å². The van der Waals surface area contributed by atoms with Crippen LogP contribution in [0, 0.1) is 0 Å². The molecule has 11 nitrogen and oxygen atoms in total. The zero-order valence-electron chi connectivity index (χ0n) is 20.3. The number of benzene rings is 2. The molecule has 0 radical (unpaired) electrons. The van der Waals surface area contributed by atoms with E-state index in [1.807, 2.05) is 24.3 Å². The average molecular weight is 510 g/mol. The number of aliphatic carboxylic acids is 1. The Morgan fingerprint density at radius 2 is 1.62 bits per heavy atom. The molecular formula is C26H31N5O6. The van der Waals surface area contributed by atoms with Gasteiger partial charge in [0.15, 0.2) is 6.04 Å². The van der Waals surface area contributed by atoms with Gasteiger partial charge in [0, 0.05) is 23.5 Å². The number of aromatic nitrogens is 1. The Morgan fingerprint density at radius 3 is 2.30 bits per heavy atom. The summed E-state index contributed by atoms with van der Waals surface area (Å²) in [5.74, 6) is -3.39. The van der Waals surface area contributed by atoms with Crippen molar-refractivity contribution >= 4 is 34.6 Å². The van der Waals surface area contributed by atoms with Gasteiger partial charge in [-0.3, -0.25) is 14.4 Å². The van der Waals surface area contributed by atoms with Crippen LogP contribution < -0.4 is 21.7 Å². The number of nitrogens with two attached hydrogens (primary N) is 1. The smallest absolute Gasteiger partial charge is 0.328 e. The zero-order chi connectivity index (χ0) is 26.9. The van der Waals surface area contributed by atoms with E-state index in [9.17, 15) is 29.4 Å². The second-order valence-corrected chi connectivity index (χ2v) is 8.76. The van der Waals surface area contributed by atoms with Crippen molar-refractivity contribution in [2.24, 2.45) is 5.73 Å². The molecule has 196 valence electrons. The van der Waals surface area contributed by atoms with Gasteiger partial charge in [0.2, 0.25) is 17.7 Å². The first-order chi connectivity index (χ1) is 17.7. The Morgan fingerprint density at radius 1 is 0.946 bits per heavy atom. The van der Waals surface area contributed by atoms with Crippen LogP contribution in [-0.4, -0.2) is 69.7 Å². The van der Waals surface area contributed by atoms with Gasteiger partial charge in [-0.2, -0.15) is 0 Å². The van der Waals surface area contributed by atoms with Gasteiger partial charge in [0.1, 0.15) is 6.04 Å². The second kappa shape index (κ2) is 12.7. The predicted octanol–water partition coefficient (Wildman–Crippen LogP) is -0.168. The van der Waals surface area contributed by atoms with Crippen LogP contribution in [0.3, 0.4) is 0 Å². The molecular weight excluding hydrogens is 478 g/mol. The molecule has 0 saturated heterocycles. The van der Waals surface area contributed by atoms with Gasteiger partial charge < -0.3 is 36.9 Å². The van der Waals surface area contributed by atoms with Crippen LogP contribution in [0.1, 0.15) is 18.1 Å². The Bertz CT molecular complexity index is 1240. The number of carboxylic acids is 1. The lowest BCUT2D eigenvalue weighted by atomic mass is 10.0. The first kappa shape index (κ1) is 27.4. The third kappa shape index (κ3) is 7.63. The molecule has 37 heavy (non-hydrogen) atoms. The molecule has 1 heterocycles. The number of fused-ring (bicyclic) bond motifs is 1. The molecule has 0 saturated carbocycles. The summed E-state index contributed by atoms with van der Waals surface area (Å²) in [5, 5.41) is 27.2. The minimum atomic E-state index is -1.55. The molecule has 0 aliphatic carbocycles. The van der Waals surface area contributed by atoms with Crippen LogP contribution in [0.4, 0.5) is 0 Å². The van der Waals surface area contributed by atoms with E-state index in [-0.39, 0.29) is 12.8 Å². The van der Waals surface area contributed by atoms with Crippen LogP contribution in [0.25, 0.3) is 10.9 Å². The van der Waals surface area contributed by atoms with Gasteiger partial charge >= 0.3 is 5.97 Å². The number of hydrogen-bond donors (Lipinski definition) is 7. The molecule has 4 unspecified atom stereocenters. The number of aliphatic hydroxyl groups excluding tert-OH is 1. The monoisotopic (exact) mass is 509 g/mol. The Balaban J connectivity index is 1.60. The average Bonchev–Trinajstić information content (AvgIpc) is 3.28. The Labute approximate surface area is 213 Å². The number of aromatic amines is 1. The summed E-state index contributed by atoms with van der Waals surface area (Å²) in [4.78, 5) is 52.4. The van der Waals surface area contributed by atoms with E-state index in [2.05, 4.69) is 20.9 Å². The summed E-state index contributed by atoms with van der Waals surface area (Å²) in [5.41, 5.74) is 8.56. The number of carboxylic acid groups (broad SMARTS) is 1. The first-order valence-electron chi connectivity index (χ1n) is 11.8. The van der Waals surface area contributed by atoms with Crippen LogP contribution in [0.5, 0.6) is 0 Å². The fraction of sp³-hybridized carbons (Fsp3) is 0.308. The Hall–Kier alpha value is -4.22. The van der Waals surface area contributed by atoms with Crippen LogP contribution >= 0.6 is 0 Å². The van der Waals surface area contributed by atoms with Crippen molar-refractivity contribution in [3.05, 3.63) is 71.9 Å². The minimum absolute atomic E-state index is 0.0680. The lowest BCUT2D eigenvalue weighted by Crippen LogP contribution is -2.56. The number of para-hydroxylation sites is 1. The number of carbonyl (C=O) groups is 4. The molecule has 0 aliphatic heterocycles. The number of rotatable bonds is 12. The Kier molecular flexibility index (Phi) is 9.36. The second-order valence-electron chi connectivity index (χ2n) is 8.76. The van der Waals surface area contributed by atoms with Crippen molar-refractivity contribution in [3.63, 3.8) is 0 Å². The van der Waals surface area contributed by atoms with Crippen LogP contribution in [-0.2, 0) is 32.0 Å². The van der Waals surface area contributed by atoms with E-state index < -0.39 is 54.5 Å². The van der Waals surface area contributed by atoms with Crippen molar-refractivity contribution in [2.45, 2.75) is 44.0 Å². The quantitative estimate of drug-likeness (QED) is 0.177. The molecule has 2 aromatic carbocycles.